The number of hydrogen-bond donors (Lipinski definition) is 1. The highest BCUT2D eigenvalue weighted by molar-refractivity contribution is 7.73. The molecule has 0 fully saturated rings. The number of nitrogens with one attached hydrogen (secondary N) is 1. The second kappa shape index (κ2) is 4.01. The molecule has 3 nitrogen and oxygen atoms in total. The van der Waals surface area contributed by atoms with Gasteiger partial charge in [0.25, 0.3) is 0 Å². The summed E-state index contributed by atoms with van der Waals surface area (Å²) in [7, 11) is 0. The van der Waals surface area contributed by atoms with Crippen molar-refractivity contribution in [3.8, 4) is 11.3 Å². The predicted molar refractivity (Wildman–Crippen MR) is 72.8 cm³/mol. The fourth-order valence-corrected chi connectivity index (χ4v) is 2.88. The summed E-state index contributed by atoms with van der Waals surface area (Å²) in [6, 6.07) is 10.1. The van der Waals surface area contributed by atoms with Crippen LogP contribution < -0.4 is 0 Å². The molecular weight excluding hydrogens is 250 g/mol. The summed E-state index contributed by atoms with van der Waals surface area (Å²) in [6.07, 6.45) is 0. The van der Waals surface area contributed by atoms with Crippen molar-refractivity contribution in [2.24, 2.45) is 0 Å². The van der Waals surface area contributed by atoms with E-state index in [1.165, 1.54) is 11.3 Å². The van der Waals surface area contributed by atoms with E-state index in [9.17, 15) is 0 Å². The Hall–Kier alpha value is -1.59. The van der Waals surface area contributed by atoms with Gasteiger partial charge in [0.1, 0.15) is 5.82 Å². The van der Waals surface area contributed by atoms with Crippen LogP contribution in [0, 0.1) is 10.9 Å². The third-order valence-electron chi connectivity index (χ3n) is 2.44. The van der Waals surface area contributed by atoms with Crippen molar-refractivity contribution in [1.29, 1.82) is 0 Å². The van der Waals surface area contributed by atoms with Crippen LogP contribution in [0.2, 0.25) is 0 Å². The van der Waals surface area contributed by atoms with E-state index in [0.29, 0.717) is 0 Å². The Morgan fingerprint density at radius 1 is 1.18 bits per heavy atom. The summed E-state index contributed by atoms with van der Waals surface area (Å²) in [5.41, 5.74) is 2.87. The number of aryl methyl sites for hydroxylation is 1. The summed E-state index contributed by atoms with van der Waals surface area (Å²) in [6.45, 7) is 1.89. The Labute approximate surface area is 107 Å². The van der Waals surface area contributed by atoms with Crippen molar-refractivity contribution in [2.45, 2.75) is 6.92 Å². The number of hydrogen-bond acceptors (Lipinski definition) is 4. The van der Waals surface area contributed by atoms with Gasteiger partial charge in [-0.1, -0.05) is 30.3 Å². The average molecular weight is 259 g/mol. The molecule has 0 saturated heterocycles. The molecule has 5 heteroatoms. The van der Waals surface area contributed by atoms with Crippen molar-refractivity contribution >= 4 is 33.9 Å². The lowest BCUT2D eigenvalue weighted by Gasteiger charge is -2.02. The maximum Gasteiger partial charge on any atom is 0.160 e. The first-order valence-corrected chi connectivity index (χ1v) is 6.39. The Kier molecular flexibility index (Phi) is 2.49. The molecule has 2 heterocycles. The summed E-state index contributed by atoms with van der Waals surface area (Å²) in [5.74, 6) is 0.750. The highest BCUT2D eigenvalue weighted by atomic mass is 32.1. The minimum Gasteiger partial charge on any atom is -0.321 e. The van der Waals surface area contributed by atoms with Crippen LogP contribution in [0.15, 0.2) is 30.3 Å². The van der Waals surface area contributed by atoms with Crippen molar-refractivity contribution in [3.63, 3.8) is 0 Å². The molecule has 2 aromatic heterocycles. The van der Waals surface area contributed by atoms with Crippen molar-refractivity contribution in [3.05, 3.63) is 40.1 Å². The molecule has 0 spiro atoms. The first-order valence-electron chi connectivity index (χ1n) is 5.17. The number of fused-ring (bicyclic) bond motifs is 1. The van der Waals surface area contributed by atoms with E-state index in [4.69, 9.17) is 12.2 Å². The molecular formula is C12H9N3S2. The van der Waals surface area contributed by atoms with Gasteiger partial charge in [0.15, 0.2) is 9.60 Å². The van der Waals surface area contributed by atoms with Crippen LogP contribution in [0.1, 0.15) is 5.82 Å². The average Bonchev–Trinajstić information content (AvgIpc) is 2.69. The Bertz CT molecular complexity index is 728. The minimum absolute atomic E-state index is 0.733. The molecule has 0 saturated carbocycles. The van der Waals surface area contributed by atoms with E-state index < -0.39 is 0 Å². The Morgan fingerprint density at radius 2 is 1.94 bits per heavy atom. The normalized spacial score (nSPS) is 10.9. The van der Waals surface area contributed by atoms with Crippen LogP contribution in [0.5, 0.6) is 0 Å². The molecule has 0 aliphatic heterocycles. The number of H-pyrrole nitrogens is 1. The number of aromatic nitrogens is 3. The molecule has 0 radical (unpaired) electrons. The second-order valence-electron chi connectivity index (χ2n) is 3.68. The number of rotatable bonds is 1. The van der Waals surface area contributed by atoms with E-state index in [2.05, 4.69) is 15.0 Å². The molecule has 0 bridgehead atoms. The van der Waals surface area contributed by atoms with Gasteiger partial charge in [0, 0.05) is 5.56 Å². The van der Waals surface area contributed by atoms with Gasteiger partial charge in [-0.25, -0.2) is 9.97 Å². The topological polar surface area (TPSA) is 41.6 Å². The quantitative estimate of drug-likeness (QED) is 0.677. The van der Waals surface area contributed by atoms with Crippen LogP contribution in [-0.2, 0) is 0 Å². The molecule has 1 N–H and O–H groups in total. The first kappa shape index (κ1) is 10.6. The van der Waals surface area contributed by atoms with Crippen LogP contribution >= 0.6 is 23.6 Å². The standard InChI is InChI=1S/C12H9N3S2/c1-7-13-9(8-5-3-2-4-6-8)10-11(14-7)15-12(16)17-10/h2-6H,1H3,(H,13,14,15,16). The lowest BCUT2D eigenvalue weighted by molar-refractivity contribution is 1.08. The molecule has 0 amide bonds. The highest BCUT2D eigenvalue weighted by Gasteiger charge is 2.10. The maximum atomic E-state index is 5.16. The summed E-state index contributed by atoms with van der Waals surface area (Å²) in [4.78, 5) is 12.0. The maximum absolute atomic E-state index is 5.16. The van der Waals surface area contributed by atoms with Crippen molar-refractivity contribution < 1.29 is 0 Å². The third-order valence-corrected chi connectivity index (χ3v) is 3.67. The molecule has 0 unspecified atom stereocenters. The smallest absolute Gasteiger partial charge is 0.160 e. The summed E-state index contributed by atoms with van der Waals surface area (Å²) < 4.78 is 1.75. The fraction of sp³-hybridized carbons (Fsp3) is 0.0833. The molecule has 0 aliphatic rings. The second-order valence-corrected chi connectivity index (χ2v) is 5.36. The summed E-state index contributed by atoms with van der Waals surface area (Å²) >= 11 is 6.68. The van der Waals surface area contributed by atoms with Gasteiger partial charge in [-0.05, 0) is 19.1 Å². The molecule has 17 heavy (non-hydrogen) atoms. The van der Waals surface area contributed by atoms with Crippen molar-refractivity contribution in [1.82, 2.24) is 15.0 Å². The SMILES string of the molecule is Cc1nc(-c2ccccc2)c2sc(=S)[nH]c2n1. The van der Waals surface area contributed by atoms with E-state index in [1.54, 1.807) is 0 Å². The minimum atomic E-state index is 0.733. The zero-order valence-corrected chi connectivity index (χ0v) is 10.7. The van der Waals surface area contributed by atoms with Crippen LogP contribution in [0.25, 0.3) is 21.6 Å². The highest BCUT2D eigenvalue weighted by Crippen LogP contribution is 2.29. The van der Waals surface area contributed by atoms with Crippen LogP contribution in [0.4, 0.5) is 0 Å². The number of benzene rings is 1. The molecule has 3 aromatic rings. The number of thiazole rings is 1. The molecule has 0 aliphatic carbocycles. The Balaban J connectivity index is 2.39. The monoisotopic (exact) mass is 259 g/mol. The predicted octanol–water partition coefficient (Wildman–Crippen LogP) is 3.72. The van der Waals surface area contributed by atoms with E-state index in [-0.39, 0.29) is 0 Å². The van der Waals surface area contributed by atoms with E-state index >= 15 is 0 Å². The molecule has 84 valence electrons. The molecule has 1 aromatic carbocycles. The van der Waals surface area contributed by atoms with E-state index in [0.717, 1.165) is 31.4 Å². The zero-order chi connectivity index (χ0) is 11.8. The third kappa shape index (κ3) is 1.87. The zero-order valence-electron chi connectivity index (χ0n) is 9.10. The molecule has 3 rings (SSSR count). The van der Waals surface area contributed by atoms with E-state index in [1.807, 2.05) is 37.3 Å². The van der Waals surface area contributed by atoms with Crippen LogP contribution in [-0.4, -0.2) is 15.0 Å². The van der Waals surface area contributed by atoms with Gasteiger partial charge in [-0.2, -0.15) is 0 Å². The summed E-state index contributed by atoms with van der Waals surface area (Å²) in [5, 5.41) is 0. The van der Waals surface area contributed by atoms with Gasteiger partial charge >= 0.3 is 0 Å². The lowest BCUT2D eigenvalue weighted by Crippen LogP contribution is -1.92. The Morgan fingerprint density at radius 3 is 2.71 bits per heavy atom. The number of nitrogens with zero attached hydrogens (tertiary/aromatic N) is 2. The van der Waals surface area contributed by atoms with Gasteiger partial charge in [0.05, 0.1) is 10.4 Å². The first-order chi connectivity index (χ1) is 8.24. The van der Waals surface area contributed by atoms with Gasteiger partial charge in [-0.15, -0.1) is 11.3 Å². The van der Waals surface area contributed by atoms with Crippen molar-refractivity contribution in [2.75, 3.05) is 0 Å². The van der Waals surface area contributed by atoms with Gasteiger partial charge < -0.3 is 4.98 Å². The fourth-order valence-electron chi connectivity index (χ4n) is 1.75. The largest absolute Gasteiger partial charge is 0.321 e. The van der Waals surface area contributed by atoms with Crippen LogP contribution in [0.3, 0.4) is 0 Å². The van der Waals surface area contributed by atoms with Gasteiger partial charge in [0.2, 0.25) is 0 Å². The lowest BCUT2D eigenvalue weighted by atomic mass is 10.1. The molecule has 0 atom stereocenters. The van der Waals surface area contributed by atoms with Gasteiger partial charge in [-0.3, -0.25) is 0 Å². The number of aromatic amines is 1.